The van der Waals surface area contributed by atoms with Crippen molar-refractivity contribution in [3.63, 3.8) is 0 Å². The summed E-state index contributed by atoms with van der Waals surface area (Å²) < 4.78 is 26.2. The number of halogens is 3. The first-order valence-corrected chi connectivity index (χ1v) is 7.28. The molecule has 0 amide bonds. The van der Waals surface area contributed by atoms with Gasteiger partial charge < -0.3 is 4.52 Å². The van der Waals surface area contributed by atoms with E-state index in [-0.39, 0.29) is 5.76 Å². The molecule has 0 aliphatic heterocycles. The van der Waals surface area contributed by atoms with Crippen LogP contribution < -0.4 is 0 Å². The fraction of sp³-hybridized carbons (Fsp3) is 0.200. The third kappa shape index (κ3) is 3.89. The minimum Gasteiger partial charge on any atom is -0.402 e. The van der Waals surface area contributed by atoms with Gasteiger partial charge >= 0.3 is 7.82 Å². The van der Waals surface area contributed by atoms with Gasteiger partial charge in [-0.05, 0) is 18.2 Å². The van der Waals surface area contributed by atoms with Crippen molar-refractivity contribution in [1.82, 2.24) is 0 Å². The van der Waals surface area contributed by atoms with Gasteiger partial charge in [-0.2, -0.15) is 0 Å². The quantitative estimate of drug-likeness (QED) is 0.566. The van der Waals surface area contributed by atoms with Crippen LogP contribution in [0.15, 0.2) is 23.7 Å². The minimum absolute atomic E-state index is 0.0605. The van der Waals surface area contributed by atoms with Gasteiger partial charge in [-0.3, -0.25) is 9.05 Å². The maximum Gasteiger partial charge on any atom is 0.529 e. The average molecular weight is 332 g/mol. The number of hydrogen-bond acceptors (Lipinski definition) is 4. The fourth-order valence-corrected chi connectivity index (χ4v) is 2.50. The van der Waals surface area contributed by atoms with Crippen molar-refractivity contribution in [3.8, 4) is 0 Å². The molecule has 100 valence electrons. The highest BCUT2D eigenvalue weighted by molar-refractivity contribution is 7.48. The predicted octanol–water partition coefficient (Wildman–Crippen LogP) is 4.95. The van der Waals surface area contributed by atoms with Crippen LogP contribution in [-0.4, -0.2) is 14.2 Å². The molecule has 0 fully saturated rings. The van der Waals surface area contributed by atoms with Crippen LogP contribution in [-0.2, 0) is 18.1 Å². The van der Waals surface area contributed by atoms with E-state index in [1.54, 1.807) is 12.1 Å². The minimum atomic E-state index is -3.70. The third-order valence-corrected chi connectivity index (χ3v) is 4.01. The summed E-state index contributed by atoms with van der Waals surface area (Å²) >= 11 is 17.4. The number of phosphoric ester groups is 1. The number of phosphoric acid groups is 1. The van der Waals surface area contributed by atoms with Crippen LogP contribution in [0.3, 0.4) is 0 Å². The molecule has 0 aliphatic rings. The van der Waals surface area contributed by atoms with Crippen LogP contribution in [0.4, 0.5) is 0 Å². The van der Waals surface area contributed by atoms with E-state index >= 15 is 0 Å². The summed E-state index contributed by atoms with van der Waals surface area (Å²) in [6.45, 7) is 0. The summed E-state index contributed by atoms with van der Waals surface area (Å²) in [5.74, 6) is 0.0605. The second kappa shape index (κ2) is 6.80. The van der Waals surface area contributed by atoms with Gasteiger partial charge in [0, 0.05) is 30.3 Å². The lowest BCUT2D eigenvalue weighted by Gasteiger charge is -2.17. The second-order valence-corrected chi connectivity index (χ2v) is 5.87. The molecule has 1 aromatic rings. The van der Waals surface area contributed by atoms with Gasteiger partial charge in [-0.15, -0.1) is 0 Å². The van der Waals surface area contributed by atoms with Crippen molar-refractivity contribution in [3.05, 3.63) is 39.3 Å². The van der Waals surface area contributed by atoms with Gasteiger partial charge in [-0.25, -0.2) is 4.57 Å². The maximum absolute atomic E-state index is 11.8. The second-order valence-electron chi connectivity index (χ2n) is 3.00. The Morgan fingerprint density at radius 3 is 2.33 bits per heavy atom. The standard InChI is InChI=1S/C10H10Cl3O4P/c1-15-18(14,16-2)17-10(6-11)8-4-3-7(12)5-9(8)13/h3-6H,1-2H3. The SMILES string of the molecule is COP(=O)(OC)OC(=CCl)c1ccc(Cl)cc1Cl. The van der Waals surface area contributed by atoms with Crippen LogP contribution in [0.1, 0.15) is 5.56 Å². The molecule has 18 heavy (non-hydrogen) atoms. The zero-order valence-electron chi connectivity index (χ0n) is 9.52. The Bertz CT molecular complexity index is 496. The van der Waals surface area contributed by atoms with E-state index in [1.807, 2.05) is 0 Å². The van der Waals surface area contributed by atoms with Crippen LogP contribution in [0, 0.1) is 0 Å². The summed E-state index contributed by atoms with van der Waals surface area (Å²) in [5.41, 5.74) is 1.50. The molecule has 4 nitrogen and oxygen atoms in total. The van der Waals surface area contributed by atoms with E-state index in [1.165, 1.54) is 20.3 Å². The highest BCUT2D eigenvalue weighted by Crippen LogP contribution is 2.52. The lowest BCUT2D eigenvalue weighted by atomic mass is 10.2. The van der Waals surface area contributed by atoms with Gasteiger partial charge in [0.25, 0.3) is 0 Å². The van der Waals surface area contributed by atoms with E-state index in [9.17, 15) is 4.57 Å². The molecule has 8 heteroatoms. The highest BCUT2D eigenvalue weighted by atomic mass is 35.5. The van der Waals surface area contributed by atoms with E-state index in [4.69, 9.17) is 39.3 Å². The van der Waals surface area contributed by atoms with Crippen LogP contribution >= 0.6 is 42.6 Å². The molecule has 0 aromatic heterocycles. The summed E-state index contributed by atoms with van der Waals surface area (Å²) in [4.78, 5) is 0. The van der Waals surface area contributed by atoms with Crippen molar-refractivity contribution in [2.45, 2.75) is 0 Å². The molecule has 0 radical (unpaired) electrons. The zero-order valence-corrected chi connectivity index (χ0v) is 12.7. The van der Waals surface area contributed by atoms with E-state index < -0.39 is 7.82 Å². The lowest BCUT2D eigenvalue weighted by molar-refractivity contribution is 0.201. The average Bonchev–Trinajstić information content (AvgIpc) is 2.36. The number of rotatable bonds is 5. The summed E-state index contributed by atoms with van der Waals surface area (Å²) in [5, 5.41) is 0.757. The van der Waals surface area contributed by atoms with Gasteiger partial charge in [0.05, 0.1) is 5.02 Å². The molecular formula is C10H10Cl3O4P. The monoisotopic (exact) mass is 330 g/mol. The first-order valence-electron chi connectivity index (χ1n) is 4.62. The summed E-state index contributed by atoms with van der Waals surface area (Å²) in [6.07, 6.45) is 0. The molecule has 0 saturated heterocycles. The molecule has 0 saturated carbocycles. The predicted molar refractivity (Wildman–Crippen MR) is 73.0 cm³/mol. The Hall–Kier alpha value is -0.220. The van der Waals surface area contributed by atoms with E-state index in [2.05, 4.69) is 9.05 Å². The molecule has 1 rings (SSSR count). The first kappa shape index (κ1) is 15.8. The molecule has 0 bridgehead atoms. The molecule has 1 aromatic carbocycles. The first-order chi connectivity index (χ1) is 8.45. The van der Waals surface area contributed by atoms with Gasteiger partial charge in [-0.1, -0.05) is 34.8 Å². The van der Waals surface area contributed by atoms with Crippen molar-refractivity contribution in [2.24, 2.45) is 0 Å². The maximum atomic E-state index is 11.8. The van der Waals surface area contributed by atoms with Gasteiger partial charge in [0.15, 0.2) is 5.76 Å². The smallest absolute Gasteiger partial charge is 0.402 e. The van der Waals surface area contributed by atoms with Crippen LogP contribution in [0.25, 0.3) is 5.76 Å². The van der Waals surface area contributed by atoms with Crippen LogP contribution in [0.5, 0.6) is 0 Å². The molecular weight excluding hydrogens is 321 g/mol. The molecule has 0 spiro atoms. The van der Waals surface area contributed by atoms with Crippen molar-refractivity contribution >= 4 is 48.4 Å². The number of benzene rings is 1. The fourth-order valence-electron chi connectivity index (χ4n) is 1.09. The van der Waals surface area contributed by atoms with Crippen molar-refractivity contribution in [1.29, 1.82) is 0 Å². The molecule has 0 aliphatic carbocycles. The zero-order chi connectivity index (χ0) is 13.8. The molecule has 0 unspecified atom stereocenters. The normalized spacial score (nSPS) is 12.6. The Balaban J connectivity index is 3.09. The molecule has 0 atom stereocenters. The third-order valence-electron chi connectivity index (χ3n) is 1.95. The van der Waals surface area contributed by atoms with Crippen molar-refractivity contribution < 1.29 is 18.1 Å². The van der Waals surface area contributed by atoms with E-state index in [0.717, 1.165) is 5.54 Å². The Kier molecular flexibility index (Phi) is 5.99. The molecule has 0 N–H and O–H groups in total. The van der Waals surface area contributed by atoms with Crippen molar-refractivity contribution in [2.75, 3.05) is 14.2 Å². The topological polar surface area (TPSA) is 44.8 Å². The van der Waals surface area contributed by atoms with E-state index in [0.29, 0.717) is 15.6 Å². The highest BCUT2D eigenvalue weighted by Gasteiger charge is 2.27. The summed E-state index contributed by atoms with van der Waals surface area (Å²) in [6, 6.07) is 4.68. The van der Waals surface area contributed by atoms with Gasteiger partial charge in [0.1, 0.15) is 0 Å². The Labute approximate surface area is 120 Å². The van der Waals surface area contributed by atoms with Crippen LogP contribution in [0.2, 0.25) is 10.0 Å². The lowest BCUT2D eigenvalue weighted by Crippen LogP contribution is -1.96. The largest absolute Gasteiger partial charge is 0.529 e. The Morgan fingerprint density at radius 1 is 1.28 bits per heavy atom. The number of hydrogen-bond donors (Lipinski definition) is 0. The van der Waals surface area contributed by atoms with Gasteiger partial charge in [0.2, 0.25) is 0 Å². The summed E-state index contributed by atoms with van der Waals surface area (Å²) in [7, 11) is -1.31. The Morgan fingerprint density at radius 2 is 1.89 bits per heavy atom. The molecule has 0 heterocycles.